The Balaban J connectivity index is 2.48. The van der Waals surface area contributed by atoms with Crippen LogP contribution in [-0.2, 0) is 4.74 Å². The van der Waals surface area contributed by atoms with Gasteiger partial charge in [0, 0.05) is 25.0 Å². The maximum absolute atomic E-state index is 5.62. The van der Waals surface area contributed by atoms with Crippen LogP contribution in [-0.4, -0.2) is 25.3 Å². The predicted molar refractivity (Wildman–Crippen MR) is 63.7 cm³/mol. The van der Waals surface area contributed by atoms with Crippen molar-refractivity contribution in [1.29, 1.82) is 0 Å². The lowest BCUT2D eigenvalue weighted by Crippen LogP contribution is -2.39. The first kappa shape index (κ1) is 12.5. The third-order valence-corrected chi connectivity index (χ3v) is 3.11. The summed E-state index contributed by atoms with van der Waals surface area (Å²) in [6.07, 6.45) is 3.69. The van der Waals surface area contributed by atoms with E-state index in [1.807, 2.05) is 6.92 Å². The third kappa shape index (κ3) is 3.85. The molecule has 2 nitrogen and oxygen atoms in total. The van der Waals surface area contributed by atoms with Gasteiger partial charge in [-0.3, -0.25) is 0 Å². The number of hydrogen-bond donors (Lipinski definition) is 1. The second kappa shape index (κ2) is 6.87. The van der Waals surface area contributed by atoms with E-state index in [4.69, 9.17) is 4.74 Å². The van der Waals surface area contributed by atoms with Crippen molar-refractivity contribution in [3.8, 4) is 11.8 Å². The van der Waals surface area contributed by atoms with E-state index in [9.17, 15) is 0 Å². The van der Waals surface area contributed by atoms with Crippen LogP contribution in [0.2, 0.25) is 0 Å². The fourth-order valence-electron chi connectivity index (χ4n) is 2.19. The maximum atomic E-state index is 5.62. The van der Waals surface area contributed by atoms with Crippen molar-refractivity contribution in [3.63, 3.8) is 0 Å². The average molecular weight is 209 g/mol. The molecular formula is C13H23NO. The molecule has 2 heteroatoms. The summed E-state index contributed by atoms with van der Waals surface area (Å²) in [6.45, 7) is 8.28. The van der Waals surface area contributed by atoms with Gasteiger partial charge in [0.25, 0.3) is 0 Å². The summed E-state index contributed by atoms with van der Waals surface area (Å²) in [4.78, 5) is 0. The summed E-state index contributed by atoms with van der Waals surface area (Å²) in [7, 11) is 0. The zero-order chi connectivity index (χ0) is 11.1. The molecule has 86 valence electrons. The molecule has 1 fully saturated rings. The van der Waals surface area contributed by atoms with Crippen LogP contribution in [0, 0.1) is 17.8 Å². The number of ether oxygens (including phenoxy) is 1. The number of rotatable bonds is 5. The molecule has 0 aromatic rings. The highest BCUT2D eigenvalue weighted by atomic mass is 16.5. The van der Waals surface area contributed by atoms with E-state index in [2.05, 4.69) is 31.0 Å². The molecule has 1 aliphatic rings. The van der Waals surface area contributed by atoms with Crippen molar-refractivity contribution in [1.82, 2.24) is 5.32 Å². The Bertz CT molecular complexity index is 228. The molecule has 1 heterocycles. The summed E-state index contributed by atoms with van der Waals surface area (Å²) < 4.78 is 5.62. The monoisotopic (exact) mass is 209 g/mol. The number of hydrogen-bond acceptors (Lipinski definition) is 2. The lowest BCUT2D eigenvalue weighted by molar-refractivity contribution is 0.0959. The fraction of sp³-hybridized carbons (Fsp3) is 0.846. The van der Waals surface area contributed by atoms with Gasteiger partial charge in [0.2, 0.25) is 0 Å². The molecule has 0 radical (unpaired) electrons. The quantitative estimate of drug-likeness (QED) is 0.701. The molecule has 0 saturated carbocycles. The first-order chi connectivity index (χ1) is 7.29. The molecule has 0 aromatic heterocycles. The van der Waals surface area contributed by atoms with Gasteiger partial charge in [0.1, 0.15) is 0 Å². The summed E-state index contributed by atoms with van der Waals surface area (Å²) in [6, 6.07) is 0.509. The van der Waals surface area contributed by atoms with Gasteiger partial charge in [-0.2, -0.15) is 0 Å². The molecule has 0 aliphatic carbocycles. The van der Waals surface area contributed by atoms with E-state index in [0.29, 0.717) is 18.1 Å². The van der Waals surface area contributed by atoms with Crippen molar-refractivity contribution in [2.24, 2.45) is 5.92 Å². The highest BCUT2D eigenvalue weighted by Gasteiger charge is 2.30. The van der Waals surface area contributed by atoms with Crippen molar-refractivity contribution in [3.05, 3.63) is 0 Å². The SMILES string of the molecule is CC#CCC(NCCC)C1CCOC1C. The van der Waals surface area contributed by atoms with Crippen molar-refractivity contribution >= 4 is 0 Å². The maximum Gasteiger partial charge on any atom is 0.0591 e. The van der Waals surface area contributed by atoms with Crippen molar-refractivity contribution in [2.45, 2.75) is 52.2 Å². The van der Waals surface area contributed by atoms with Gasteiger partial charge in [-0.05, 0) is 33.2 Å². The highest BCUT2D eigenvalue weighted by Crippen LogP contribution is 2.25. The Morgan fingerprint density at radius 3 is 2.87 bits per heavy atom. The summed E-state index contributed by atoms with van der Waals surface area (Å²) in [5.74, 6) is 6.81. The smallest absolute Gasteiger partial charge is 0.0591 e. The molecule has 3 atom stereocenters. The standard InChI is InChI=1S/C13H23NO/c1-4-6-7-13(14-9-5-2)12-8-10-15-11(12)3/h11-14H,5,7-10H2,1-3H3. The van der Waals surface area contributed by atoms with Crippen LogP contribution in [0.15, 0.2) is 0 Å². The van der Waals surface area contributed by atoms with Gasteiger partial charge < -0.3 is 10.1 Å². The molecule has 0 aromatic carbocycles. The largest absolute Gasteiger partial charge is 0.378 e. The van der Waals surface area contributed by atoms with Gasteiger partial charge in [0.15, 0.2) is 0 Å². The molecule has 3 unspecified atom stereocenters. The molecule has 0 bridgehead atoms. The van der Waals surface area contributed by atoms with E-state index in [1.165, 1.54) is 12.8 Å². The van der Waals surface area contributed by atoms with Crippen molar-refractivity contribution in [2.75, 3.05) is 13.2 Å². The van der Waals surface area contributed by atoms with Crippen LogP contribution in [0.3, 0.4) is 0 Å². The van der Waals surface area contributed by atoms with E-state index >= 15 is 0 Å². The minimum atomic E-state index is 0.387. The Morgan fingerprint density at radius 1 is 1.53 bits per heavy atom. The van der Waals surface area contributed by atoms with Crippen LogP contribution < -0.4 is 5.32 Å². The molecule has 15 heavy (non-hydrogen) atoms. The van der Waals surface area contributed by atoms with Crippen LogP contribution in [0.1, 0.15) is 40.0 Å². The topological polar surface area (TPSA) is 21.3 Å². The van der Waals surface area contributed by atoms with Gasteiger partial charge in [-0.25, -0.2) is 0 Å². The van der Waals surface area contributed by atoms with Gasteiger partial charge >= 0.3 is 0 Å². The lowest BCUT2D eigenvalue weighted by Gasteiger charge is -2.25. The van der Waals surface area contributed by atoms with Crippen LogP contribution >= 0.6 is 0 Å². The molecule has 1 aliphatic heterocycles. The molecule has 1 rings (SSSR count). The minimum absolute atomic E-state index is 0.387. The van der Waals surface area contributed by atoms with Crippen LogP contribution in [0.4, 0.5) is 0 Å². The first-order valence-electron chi connectivity index (χ1n) is 6.04. The normalized spacial score (nSPS) is 27.1. The van der Waals surface area contributed by atoms with E-state index in [0.717, 1.165) is 19.6 Å². The number of nitrogens with one attached hydrogen (secondary N) is 1. The minimum Gasteiger partial charge on any atom is -0.378 e. The molecule has 0 spiro atoms. The molecule has 1 saturated heterocycles. The Hall–Kier alpha value is -0.520. The molecule has 1 N–H and O–H groups in total. The van der Waals surface area contributed by atoms with Gasteiger partial charge in [-0.1, -0.05) is 6.92 Å². The van der Waals surface area contributed by atoms with Gasteiger partial charge in [0.05, 0.1) is 6.10 Å². The fourth-order valence-corrected chi connectivity index (χ4v) is 2.19. The Morgan fingerprint density at radius 2 is 2.33 bits per heavy atom. The van der Waals surface area contributed by atoms with Crippen LogP contribution in [0.5, 0.6) is 0 Å². The second-order valence-electron chi connectivity index (χ2n) is 4.22. The van der Waals surface area contributed by atoms with Crippen molar-refractivity contribution < 1.29 is 4.74 Å². The van der Waals surface area contributed by atoms with E-state index in [-0.39, 0.29) is 0 Å². The predicted octanol–water partition coefficient (Wildman–Crippen LogP) is 2.19. The van der Waals surface area contributed by atoms with E-state index < -0.39 is 0 Å². The summed E-state index contributed by atoms with van der Waals surface area (Å²) in [5, 5.41) is 3.59. The summed E-state index contributed by atoms with van der Waals surface area (Å²) >= 11 is 0. The summed E-state index contributed by atoms with van der Waals surface area (Å²) in [5.41, 5.74) is 0. The first-order valence-corrected chi connectivity index (χ1v) is 6.04. The lowest BCUT2D eigenvalue weighted by atomic mass is 9.91. The van der Waals surface area contributed by atoms with Gasteiger partial charge in [-0.15, -0.1) is 11.8 Å². The average Bonchev–Trinajstić information content (AvgIpc) is 2.65. The second-order valence-corrected chi connectivity index (χ2v) is 4.22. The highest BCUT2D eigenvalue weighted by molar-refractivity contribution is 5.00. The molecule has 0 amide bonds. The zero-order valence-corrected chi connectivity index (χ0v) is 10.2. The third-order valence-electron chi connectivity index (χ3n) is 3.11. The zero-order valence-electron chi connectivity index (χ0n) is 10.2. The van der Waals surface area contributed by atoms with E-state index in [1.54, 1.807) is 0 Å². The Kier molecular flexibility index (Phi) is 5.75. The molecular weight excluding hydrogens is 186 g/mol. The van der Waals surface area contributed by atoms with Crippen LogP contribution in [0.25, 0.3) is 0 Å². The Labute approximate surface area is 93.8 Å².